The molecule has 0 aromatic heterocycles. The maximum Gasteiger partial charge on any atom is 0.234 e. The van der Waals surface area contributed by atoms with Gasteiger partial charge >= 0.3 is 0 Å². The predicted octanol–water partition coefficient (Wildman–Crippen LogP) is 2.49. The van der Waals surface area contributed by atoms with E-state index in [0.29, 0.717) is 32.7 Å². The quantitative estimate of drug-likeness (QED) is 0.668. The molecule has 2 aromatic rings. The molecule has 0 unspecified atom stereocenters. The van der Waals surface area contributed by atoms with Crippen molar-refractivity contribution in [2.45, 2.75) is 19.3 Å². The van der Waals surface area contributed by atoms with E-state index in [1.807, 2.05) is 30.3 Å². The Morgan fingerprint density at radius 2 is 1.74 bits per heavy atom. The number of carbonyl (C=O) groups excluding carboxylic acids is 2. The van der Waals surface area contributed by atoms with E-state index in [4.69, 9.17) is 4.74 Å². The summed E-state index contributed by atoms with van der Waals surface area (Å²) in [6.45, 7) is 3.77. The minimum absolute atomic E-state index is 0.00833. The lowest BCUT2D eigenvalue weighted by Gasteiger charge is -2.22. The van der Waals surface area contributed by atoms with Gasteiger partial charge in [0.2, 0.25) is 11.8 Å². The number of hydrogen-bond acceptors (Lipinski definition) is 4. The van der Waals surface area contributed by atoms with Crippen molar-refractivity contribution in [2.24, 2.45) is 0 Å². The topological polar surface area (TPSA) is 61.9 Å². The summed E-state index contributed by atoms with van der Waals surface area (Å²) in [6.07, 6.45) is 1.83. The van der Waals surface area contributed by atoms with Crippen molar-refractivity contribution in [3.05, 3.63) is 66.0 Å². The lowest BCUT2D eigenvalue weighted by molar-refractivity contribution is -0.131. The third-order valence-corrected chi connectivity index (χ3v) is 5.30. The van der Waals surface area contributed by atoms with Crippen LogP contribution in [0.4, 0.5) is 4.39 Å². The first kappa shape index (κ1) is 22.7. The average molecular weight is 428 g/mol. The number of rotatable bonds is 9. The molecule has 1 heterocycles. The van der Waals surface area contributed by atoms with Gasteiger partial charge in [-0.25, -0.2) is 4.39 Å². The molecule has 0 aliphatic carbocycles. The molecule has 0 bridgehead atoms. The summed E-state index contributed by atoms with van der Waals surface area (Å²) in [5.41, 5.74) is 1.20. The standard InChI is InChI=1S/C24H30FN3O3/c25-21-9-4-5-10-22(21)31-18-12-24(30)28-15-6-14-27(16-17-28)19-23(29)26-13-11-20-7-2-1-3-8-20/h1-5,7-10H,6,11-19H2,(H,26,29). The maximum atomic E-state index is 13.6. The van der Waals surface area contributed by atoms with Crippen molar-refractivity contribution in [1.29, 1.82) is 0 Å². The van der Waals surface area contributed by atoms with Crippen LogP contribution in [-0.4, -0.2) is 67.5 Å². The predicted molar refractivity (Wildman–Crippen MR) is 117 cm³/mol. The van der Waals surface area contributed by atoms with Crippen LogP contribution in [0.25, 0.3) is 0 Å². The number of nitrogens with zero attached hydrogens (tertiary/aromatic N) is 2. The first-order valence-corrected chi connectivity index (χ1v) is 10.8. The van der Waals surface area contributed by atoms with E-state index in [-0.39, 0.29) is 30.6 Å². The number of para-hydroxylation sites is 1. The number of nitrogens with one attached hydrogen (secondary N) is 1. The van der Waals surface area contributed by atoms with Crippen LogP contribution in [0.15, 0.2) is 54.6 Å². The fourth-order valence-corrected chi connectivity index (χ4v) is 3.60. The van der Waals surface area contributed by atoms with Crippen LogP contribution in [0.2, 0.25) is 0 Å². The number of carbonyl (C=O) groups is 2. The Bertz CT molecular complexity index is 847. The van der Waals surface area contributed by atoms with Gasteiger partial charge < -0.3 is 15.0 Å². The molecule has 31 heavy (non-hydrogen) atoms. The highest BCUT2D eigenvalue weighted by Crippen LogP contribution is 2.15. The van der Waals surface area contributed by atoms with Crippen molar-refractivity contribution in [2.75, 3.05) is 45.9 Å². The van der Waals surface area contributed by atoms with Gasteiger partial charge in [0.15, 0.2) is 11.6 Å². The van der Waals surface area contributed by atoms with Crippen molar-refractivity contribution in [1.82, 2.24) is 15.1 Å². The molecule has 0 atom stereocenters. The molecule has 1 N–H and O–H groups in total. The molecule has 2 amide bonds. The Balaban J connectivity index is 1.34. The zero-order valence-corrected chi connectivity index (χ0v) is 17.8. The molecule has 0 saturated carbocycles. The highest BCUT2D eigenvalue weighted by atomic mass is 19.1. The Labute approximate surface area is 183 Å². The summed E-state index contributed by atoms with van der Waals surface area (Å²) in [5.74, 6) is -0.266. The van der Waals surface area contributed by atoms with Crippen LogP contribution < -0.4 is 10.1 Å². The number of hydrogen-bond donors (Lipinski definition) is 1. The van der Waals surface area contributed by atoms with Gasteiger partial charge in [-0.15, -0.1) is 0 Å². The molecule has 1 fully saturated rings. The molecule has 1 aliphatic rings. The van der Waals surface area contributed by atoms with Crippen molar-refractivity contribution >= 4 is 11.8 Å². The van der Waals surface area contributed by atoms with Gasteiger partial charge in [-0.2, -0.15) is 0 Å². The summed E-state index contributed by atoms with van der Waals surface area (Å²) in [5, 5.41) is 2.97. The minimum atomic E-state index is -0.428. The third kappa shape index (κ3) is 7.68. The second kappa shape index (κ2) is 12.1. The van der Waals surface area contributed by atoms with E-state index in [9.17, 15) is 14.0 Å². The van der Waals surface area contributed by atoms with Crippen LogP contribution in [0.3, 0.4) is 0 Å². The van der Waals surface area contributed by atoms with E-state index in [1.165, 1.54) is 11.6 Å². The lowest BCUT2D eigenvalue weighted by atomic mass is 10.1. The molecule has 1 saturated heterocycles. The SMILES string of the molecule is O=C(CN1CCCN(C(=O)CCOc2ccccc2F)CC1)NCCc1ccccc1. The number of amides is 2. The third-order valence-electron chi connectivity index (χ3n) is 5.30. The monoisotopic (exact) mass is 427 g/mol. The fourth-order valence-electron chi connectivity index (χ4n) is 3.60. The second-order valence-corrected chi connectivity index (χ2v) is 7.62. The first-order chi connectivity index (χ1) is 15.1. The summed E-state index contributed by atoms with van der Waals surface area (Å²) < 4.78 is 19.0. The average Bonchev–Trinajstić information content (AvgIpc) is 3.01. The molecular weight excluding hydrogens is 397 g/mol. The molecule has 3 rings (SSSR count). The van der Waals surface area contributed by atoms with Crippen LogP contribution in [0.1, 0.15) is 18.4 Å². The van der Waals surface area contributed by atoms with Crippen LogP contribution in [0.5, 0.6) is 5.75 Å². The molecule has 7 heteroatoms. The highest BCUT2D eigenvalue weighted by molar-refractivity contribution is 5.78. The summed E-state index contributed by atoms with van der Waals surface area (Å²) >= 11 is 0. The van der Waals surface area contributed by atoms with Gasteiger partial charge in [0.05, 0.1) is 19.6 Å². The first-order valence-electron chi connectivity index (χ1n) is 10.8. The summed E-state index contributed by atoms with van der Waals surface area (Å²) in [6, 6.07) is 16.2. The van der Waals surface area contributed by atoms with Crippen molar-refractivity contribution in [3.8, 4) is 5.75 Å². The zero-order valence-electron chi connectivity index (χ0n) is 17.8. The van der Waals surface area contributed by atoms with Crippen molar-refractivity contribution < 1.29 is 18.7 Å². The van der Waals surface area contributed by atoms with Crippen LogP contribution in [-0.2, 0) is 16.0 Å². The van der Waals surface area contributed by atoms with E-state index >= 15 is 0 Å². The molecule has 166 valence electrons. The molecule has 6 nitrogen and oxygen atoms in total. The number of halogens is 1. The van der Waals surface area contributed by atoms with Crippen LogP contribution in [0, 0.1) is 5.82 Å². The minimum Gasteiger partial charge on any atom is -0.490 e. The van der Waals surface area contributed by atoms with Gasteiger partial charge in [-0.1, -0.05) is 42.5 Å². The van der Waals surface area contributed by atoms with E-state index < -0.39 is 5.82 Å². The fraction of sp³-hybridized carbons (Fsp3) is 0.417. The zero-order chi connectivity index (χ0) is 21.9. The largest absolute Gasteiger partial charge is 0.490 e. The Morgan fingerprint density at radius 3 is 2.55 bits per heavy atom. The molecule has 0 spiro atoms. The number of benzene rings is 2. The number of ether oxygens (including phenoxy) is 1. The summed E-state index contributed by atoms with van der Waals surface area (Å²) in [4.78, 5) is 28.6. The molecule has 0 radical (unpaired) electrons. The lowest BCUT2D eigenvalue weighted by Crippen LogP contribution is -2.40. The smallest absolute Gasteiger partial charge is 0.234 e. The van der Waals surface area contributed by atoms with Gasteiger partial charge in [0.1, 0.15) is 0 Å². The van der Waals surface area contributed by atoms with E-state index in [2.05, 4.69) is 10.2 Å². The highest BCUT2D eigenvalue weighted by Gasteiger charge is 2.20. The summed E-state index contributed by atoms with van der Waals surface area (Å²) in [7, 11) is 0. The normalized spacial score (nSPS) is 14.7. The van der Waals surface area contributed by atoms with Gasteiger partial charge in [-0.05, 0) is 30.5 Å². The van der Waals surface area contributed by atoms with Gasteiger partial charge in [-0.3, -0.25) is 14.5 Å². The Hall–Kier alpha value is -2.93. The van der Waals surface area contributed by atoms with E-state index in [1.54, 1.807) is 23.1 Å². The second-order valence-electron chi connectivity index (χ2n) is 7.62. The molecular formula is C24H30FN3O3. The Morgan fingerprint density at radius 1 is 0.968 bits per heavy atom. The molecule has 1 aliphatic heterocycles. The van der Waals surface area contributed by atoms with Gasteiger partial charge in [0.25, 0.3) is 0 Å². The Kier molecular flexibility index (Phi) is 8.84. The van der Waals surface area contributed by atoms with Crippen molar-refractivity contribution in [3.63, 3.8) is 0 Å². The molecule has 2 aromatic carbocycles. The maximum absolute atomic E-state index is 13.6. The van der Waals surface area contributed by atoms with Crippen LogP contribution >= 0.6 is 0 Å². The van der Waals surface area contributed by atoms with Gasteiger partial charge in [0, 0.05) is 32.7 Å². The van der Waals surface area contributed by atoms with E-state index in [0.717, 1.165) is 19.4 Å².